The molecule has 0 bridgehead atoms. The molecule has 3 saturated heterocycles. The zero-order valence-electron chi connectivity index (χ0n) is 12.8. The molecule has 1 amide bonds. The van der Waals surface area contributed by atoms with Gasteiger partial charge in [-0.15, -0.1) is 0 Å². The average molecular weight is 279 g/mol. The van der Waals surface area contributed by atoms with Crippen LogP contribution in [0.3, 0.4) is 0 Å². The van der Waals surface area contributed by atoms with Gasteiger partial charge in [0.25, 0.3) is 0 Å². The molecule has 3 heterocycles. The van der Waals surface area contributed by atoms with Crippen molar-refractivity contribution in [3.05, 3.63) is 0 Å². The van der Waals surface area contributed by atoms with Crippen LogP contribution in [0.2, 0.25) is 0 Å². The molecule has 3 aliphatic heterocycles. The van der Waals surface area contributed by atoms with Crippen LogP contribution in [0.5, 0.6) is 0 Å². The number of hydrogen-bond donors (Lipinski definition) is 1. The first-order valence-corrected chi connectivity index (χ1v) is 8.51. The molecule has 1 atom stereocenters. The lowest BCUT2D eigenvalue weighted by molar-refractivity contribution is -0.138. The Kier molecular flexibility index (Phi) is 4.61. The van der Waals surface area contributed by atoms with Crippen molar-refractivity contribution in [1.29, 1.82) is 0 Å². The lowest BCUT2D eigenvalue weighted by atomic mass is 9.98. The lowest BCUT2D eigenvalue weighted by Crippen LogP contribution is -2.52. The largest absolute Gasteiger partial charge is 0.341 e. The Bertz CT molecular complexity index is 333. The van der Waals surface area contributed by atoms with E-state index in [9.17, 15) is 4.79 Å². The van der Waals surface area contributed by atoms with Gasteiger partial charge in [0.2, 0.25) is 5.91 Å². The minimum Gasteiger partial charge on any atom is -0.341 e. The second-order valence-electron chi connectivity index (χ2n) is 6.88. The Morgan fingerprint density at radius 2 is 1.70 bits per heavy atom. The van der Waals surface area contributed by atoms with E-state index in [0.29, 0.717) is 11.9 Å². The number of piperidine rings is 2. The highest BCUT2D eigenvalue weighted by Gasteiger charge is 2.38. The second kappa shape index (κ2) is 6.44. The van der Waals surface area contributed by atoms with Crippen molar-refractivity contribution in [1.82, 2.24) is 15.1 Å². The molecule has 1 N–H and O–H groups in total. The summed E-state index contributed by atoms with van der Waals surface area (Å²) in [6, 6.07) is 0.822. The van der Waals surface area contributed by atoms with Gasteiger partial charge in [0.1, 0.15) is 0 Å². The molecule has 4 nitrogen and oxygen atoms in total. The molecule has 3 rings (SSSR count). The van der Waals surface area contributed by atoms with Crippen molar-refractivity contribution >= 4 is 5.91 Å². The van der Waals surface area contributed by atoms with E-state index in [2.05, 4.69) is 22.0 Å². The molecule has 0 aromatic heterocycles. The molecule has 4 heteroatoms. The van der Waals surface area contributed by atoms with E-state index in [1.54, 1.807) is 0 Å². The number of rotatable bonds is 2. The first-order valence-electron chi connectivity index (χ1n) is 8.51. The normalized spacial score (nSPS) is 30.9. The highest BCUT2D eigenvalue weighted by atomic mass is 16.2. The first-order chi connectivity index (χ1) is 9.75. The van der Waals surface area contributed by atoms with Crippen LogP contribution in [0.15, 0.2) is 0 Å². The molecule has 114 valence electrons. The Balaban J connectivity index is 1.60. The number of likely N-dealkylation sites (tertiary alicyclic amines) is 2. The van der Waals surface area contributed by atoms with Gasteiger partial charge in [0.15, 0.2) is 0 Å². The van der Waals surface area contributed by atoms with E-state index in [1.807, 2.05) is 0 Å². The molecule has 3 aliphatic rings. The fourth-order valence-electron chi connectivity index (χ4n) is 4.07. The van der Waals surface area contributed by atoms with E-state index < -0.39 is 0 Å². The Morgan fingerprint density at radius 3 is 2.40 bits per heavy atom. The third kappa shape index (κ3) is 3.01. The van der Waals surface area contributed by atoms with E-state index >= 15 is 0 Å². The van der Waals surface area contributed by atoms with Crippen molar-refractivity contribution in [2.24, 2.45) is 5.92 Å². The maximum Gasteiger partial charge on any atom is 0.239 e. The van der Waals surface area contributed by atoms with Gasteiger partial charge in [0.05, 0.1) is 6.04 Å². The molecule has 0 aromatic carbocycles. The van der Waals surface area contributed by atoms with Crippen molar-refractivity contribution in [2.45, 2.75) is 57.5 Å². The molecule has 0 spiro atoms. The number of hydrogen-bond acceptors (Lipinski definition) is 3. The van der Waals surface area contributed by atoms with Gasteiger partial charge in [-0.05, 0) is 64.1 Å². The molecule has 0 radical (unpaired) electrons. The van der Waals surface area contributed by atoms with Gasteiger partial charge in [-0.3, -0.25) is 9.69 Å². The molecule has 20 heavy (non-hydrogen) atoms. The molecule has 0 saturated carbocycles. The van der Waals surface area contributed by atoms with Gasteiger partial charge < -0.3 is 10.2 Å². The summed E-state index contributed by atoms with van der Waals surface area (Å²) >= 11 is 0. The quantitative estimate of drug-likeness (QED) is 0.831. The summed E-state index contributed by atoms with van der Waals surface area (Å²) in [6.45, 7) is 7.63. The number of carbonyl (C=O) groups excluding carboxylic acids is 1. The molecule has 3 fully saturated rings. The number of amides is 1. The van der Waals surface area contributed by atoms with Crippen LogP contribution in [0.4, 0.5) is 0 Å². The minimum absolute atomic E-state index is 0.187. The van der Waals surface area contributed by atoms with Crippen LogP contribution in [0.25, 0.3) is 0 Å². The Labute approximate surface area is 122 Å². The molecular weight excluding hydrogens is 250 g/mol. The summed E-state index contributed by atoms with van der Waals surface area (Å²) in [6.07, 6.45) is 7.07. The third-order valence-electron chi connectivity index (χ3n) is 5.45. The van der Waals surface area contributed by atoms with Crippen LogP contribution in [0.1, 0.15) is 45.4 Å². The van der Waals surface area contributed by atoms with Crippen molar-refractivity contribution in [3.63, 3.8) is 0 Å². The highest BCUT2D eigenvalue weighted by molar-refractivity contribution is 5.82. The van der Waals surface area contributed by atoms with Crippen LogP contribution < -0.4 is 5.32 Å². The summed E-state index contributed by atoms with van der Waals surface area (Å²) < 4.78 is 0. The maximum absolute atomic E-state index is 12.8. The van der Waals surface area contributed by atoms with Crippen molar-refractivity contribution < 1.29 is 4.79 Å². The zero-order valence-corrected chi connectivity index (χ0v) is 12.8. The van der Waals surface area contributed by atoms with E-state index in [0.717, 1.165) is 45.1 Å². The first kappa shape index (κ1) is 14.3. The van der Waals surface area contributed by atoms with E-state index in [-0.39, 0.29) is 6.04 Å². The summed E-state index contributed by atoms with van der Waals surface area (Å²) in [5, 5.41) is 3.43. The summed E-state index contributed by atoms with van der Waals surface area (Å²) in [7, 11) is 0. The Morgan fingerprint density at radius 1 is 1.00 bits per heavy atom. The Hall–Kier alpha value is -0.610. The molecular formula is C16H29N3O. The SMILES string of the molecule is CC1CCN(C(=O)C2CCCN2C2CCNCC2)CC1. The zero-order chi connectivity index (χ0) is 13.9. The minimum atomic E-state index is 0.187. The average Bonchev–Trinajstić information content (AvgIpc) is 2.97. The van der Waals surface area contributed by atoms with Gasteiger partial charge in [-0.1, -0.05) is 6.92 Å². The standard InChI is InChI=1S/C16H29N3O/c1-13-6-11-18(12-7-13)16(20)15-3-2-10-19(15)14-4-8-17-9-5-14/h13-15,17H,2-12H2,1H3. The topological polar surface area (TPSA) is 35.6 Å². The summed E-state index contributed by atoms with van der Waals surface area (Å²) in [5.41, 5.74) is 0. The van der Waals surface area contributed by atoms with Gasteiger partial charge in [0, 0.05) is 19.1 Å². The second-order valence-corrected chi connectivity index (χ2v) is 6.88. The van der Waals surface area contributed by atoms with Crippen molar-refractivity contribution in [2.75, 3.05) is 32.7 Å². The maximum atomic E-state index is 12.8. The fourth-order valence-corrected chi connectivity index (χ4v) is 4.07. The summed E-state index contributed by atoms with van der Waals surface area (Å²) in [5.74, 6) is 1.22. The predicted octanol–water partition coefficient (Wildman–Crippen LogP) is 1.46. The van der Waals surface area contributed by atoms with Crippen LogP contribution >= 0.6 is 0 Å². The van der Waals surface area contributed by atoms with Gasteiger partial charge in [-0.25, -0.2) is 0 Å². The smallest absolute Gasteiger partial charge is 0.239 e. The van der Waals surface area contributed by atoms with E-state index in [1.165, 1.54) is 32.1 Å². The molecule has 0 aliphatic carbocycles. The number of carbonyl (C=O) groups is 1. The number of nitrogens with zero attached hydrogens (tertiary/aromatic N) is 2. The molecule has 0 aromatic rings. The van der Waals surface area contributed by atoms with Crippen LogP contribution in [-0.4, -0.2) is 60.5 Å². The van der Waals surface area contributed by atoms with Gasteiger partial charge in [-0.2, -0.15) is 0 Å². The van der Waals surface area contributed by atoms with Crippen molar-refractivity contribution in [3.8, 4) is 0 Å². The van der Waals surface area contributed by atoms with Crippen LogP contribution in [-0.2, 0) is 4.79 Å². The number of nitrogens with one attached hydrogen (secondary N) is 1. The fraction of sp³-hybridized carbons (Fsp3) is 0.938. The third-order valence-corrected chi connectivity index (χ3v) is 5.45. The predicted molar refractivity (Wildman–Crippen MR) is 80.6 cm³/mol. The summed E-state index contributed by atoms with van der Waals surface area (Å²) in [4.78, 5) is 17.5. The molecule has 1 unspecified atom stereocenters. The van der Waals surface area contributed by atoms with Gasteiger partial charge >= 0.3 is 0 Å². The van der Waals surface area contributed by atoms with E-state index in [4.69, 9.17) is 0 Å². The lowest BCUT2D eigenvalue weighted by Gasteiger charge is -2.38. The van der Waals surface area contributed by atoms with Crippen LogP contribution in [0, 0.1) is 5.92 Å². The monoisotopic (exact) mass is 279 g/mol. The highest BCUT2D eigenvalue weighted by Crippen LogP contribution is 2.27.